The van der Waals surface area contributed by atoms with Gasteiger partial charge in [-0.2, -0.15) is 5.26 Å². The van der Waals surface area contributed by atoms with Gasteiger partial charge in [0.25, 0.3) is 0 Å². The number of sulfone groups is 1. The predicted molar refractivity (Wildman–Crippen MR) is 64.0 cm³/mol. The maximum atomic E-state index is 12.0. The molecule has 0 heterocycles. The Hall–Kier alpha value is -1.51. The molecule has 1 rings (SSSR count). The first kappa shape index (κ1) is 13.6. The Balaban J connectivity index is 3.19. The number of benzene rings is 1. The van der Waals surface area contributed by atoms with Crippen molar-refractivity contribution in [2.45, 2.75) is 11.8 Å². The van der Waals surface area contributed by atoms with E-state index in [0.717, 1.165) is 6.26 Å². The van der Waals surface area contributed by atoms with Crippen LogP contribution in [0.3, 0.4) is 0 Å². The third-order valence-corrected chi connectivity index (χ3v) is 3.79. The van der Waals surface area contributed by atoms with E-state index >= 15 is 0 Å². The Morgan fingerprint density at radius 2 is 2.06 bits per heavy atom. The second kappa shape index (κ2) is 5.71. The van der Waals surface area contributed by atoms with Crippen LogP contribution in [-0.4, -0.2) is 15.0 Å². The van der Waals surface area contributed by atoms with E-state index in [1.165, 1.54) is 24.3 Å². The number of nitriles is 1. The van der Waals surface area contributed by atoms with Crippen LogP contribution >= 0.6 is 11.6 Å². The van der Waals surface area contributed by atoms with Gasteiger partial charge in [0.2, 0.25) is 9.84 Å². The average molecular weight is 272 g/mol. The molecule has 0 bridgehead atoms. The standard InChI is InChI=1S/C11H10ClNO3S/c1-2-16-8-11(7-13)17(14,15)10-5-3-9(12)4-6-10/h3-6,8H,2H2,1H3. The van der Waals surface area contributed by atoms with Crippen LogP contribution in [-0.2, 0) is 14.6 Å². The summed E-state index contributed by atoms with van der Waals surface area (Å²) in [6.45, 7) is 1.99. The molecule has 0 aromatic heterocycles. The van der Waals surface area contributed by atoms with Gasteiger partial charge in [-0.3, -0.25) is 0 Å². The van der Waals surface area contributed by atoms with Crippen molar-refractivity contribution in [2.75, 3.05) is 6.61 Å². The smallest absolute Gasteiger partial charge is 0.219 e. The van der Waals surface area contributed by atoms with E-state index in [-0.39, 0.29) is 4.90 Å². The highest BCUT2D eigenvalue weighted by Gasteiger charge is 2.21. The Labute approximate surface area is 105 Å². The second-order valence-electron chi connectivity index (χ2n) is 3.01. The lowest BCUT2D eigenvalue weighted by Gasteiger charge is -2.03. The van der Waals surface area contributed by atoms with Crippen molar-refractivity contribution in [1.82, 2.24) is 0 Å². The number of nitrogens with zero attached hydrogens (tertiary/aromatic N) is 1. The molecule has 1 aromatic rings. The minimum absolute atomic E-state index is 0.00871. The molecule has 0 atom stereocenters. The lowest BCUT2D eigenvalue weighted by atomic mass is 10.4. The third kappa shape index (κ3) is 3.22. The van der Waals surface area contributed by atoms with Gasteiger partial charge in [-0.05, 0) is 31.2 Å². The summed E-state index contributed by atoms with van der Waals surface area (Å²) in [5.74, 6) is 0. The summed E-state index contributed by atoms with van der Waals surface area (Å²) in [6.07, 6.45) is 0.948. The van der Waals surface area contributed by atoms with Crippen molar-refractivity contribution in [1.29, 1.82) is 5.26 Å². The van der Waals surface area contributed by atoms with Gasteiger partial charge >= 0.3 is 0 Å². The summed E-state index contributed by atoms with van der Waals surface area (Å²) in [5.41, 5.74) is 0. The summed E-state index contributed by atoms with van der Waals surface area (Å²) in [4.78, 5) is -0.420. The Morgan fingerprint density at radius 1 is 1.47 bits per heavy atom. The molecule has 0 amide bonds. The van der Waals surface area contributed by atoms with Gasteiger partial charge in [0.1, 0.15) is 12.3 Å². The highest BCUT2D eigenvalue weighted by Crippen LogP contribution is 2.20. The maximum Gasteiger partial charge on any atom is 0.219 e. The van der Waals surface area contributed by atoms with Gasteiger partial charge in [0.05, 0.1) is 11.5 Å². The minimum atomic E-state index is -3.82. The monoisotopic (exact) mass is 271 g/mol. The average Bonchev–Trinajstić information content (AvgIpc) is 2.30. The molecule has 0 aliphatic rings. The van der Waals surface area contributed by atoms with E-state index in [9.17, 15) is 8.42 Å². The summed E-state index contributed by atoms with van der Waals surface area (Å²) in [7, 11) is -3.82. The maximum absolute atomic E-state index is 12.0. The van der Waals surface area contributed by atoms with Crippen LogP contribution in [0.2, 0.25) is 5.02 Å². The van der Waals surface area contributed by atoms with Gasteiger partial charge in [-0.15, -0.1) is 0 Å². The molecule has 0 aliphatic carbocycles. The molecule has 0 N–H and O–H groups in total. The molecule has 4 nitrogen and oxygen atoms in total. The summed E-state index contributed by atoms with van der Waals surface area (Å²) in [5, 5.41) is 9.23. The lowest BCUT2D eigenvalue weighted by Crippen LogP contribution is -2.04. The van der Waals surface area contributed by atoms with Crippen LogP contribution in [0, 0.1) is 11.3 Å². The van der Waals surface area contributed by atoms with Gasteiger partial charge in [-0.1, -0.05) is 11.6 Å². The predicted octanol–water partition coefficient (Wildman–Crippen LogP) is 2.52. The second-order valence-corrected chi connectivity index (χ2v) is 5.36. The van der Waals surface area contributed by atoms with E-state index in [0.29, 0.717) is 11.6 Å². The minimum Gasteiger partial charge on any atom is -0.499 e. The van der Waals surface area contributed by atoms with Gasteiger partial charge in [0, 0.05) is 5.02 Å². The van der Waals surface area contributed by atoms with Gasteiger partial charge < -0.3 is 4.74 Å². The molecule has 1 aromatic carbocycles. The first-order chi connectivity index (χ1) is 8.02. The van der Waals surface area contributed by atoms with Crippen molar-refractivity contribution in [2.24, 2.45) is 0 Å². The first-order valence-corrected chi connectivity index (χ1v) is 6.61. The lowest BCUT2D eigenvalue weighted by molar-refractivity contribution is 0.268. The molecule has 0 saturated carbocycles. The van der Waals surface area contributed by atoms with E-state index in [1.807, 2.05) is 0 Å². The molecule has 0 radical (unpaired) electrons. The third-order valence-electron chi connectivity index (χ3n) is 1.88. The molecule has 0 aliphatic heterocycles. The van der Waals surface area contributed by atoms with Gasteiger partial charge in [-0.25, -0.2) is 8.42 Å². The van der Waals surface area contributed by atoms with Crippen molar-refractivity contribution in [3.63, 3.8) is 0 Å². The van der Waals surface area contributed by atoms with E-state index in [2.05, 4.69) is 0 Å². The number of allylic oxidation sites excluding steroid dienone is 1. The zero-order valence-corrected chi connectivity index (χ0v) is 10.6. The zero-order chi connectivity index (χ0) is 12.9. The van der Waals surface area contributed by atoms with E-state index in [4.69, 9.17) is 21.6 Å². The summed E-state index contributed by atoms with van der Waals surface area (Å²) < 4.78 is 28.8. The number of rotatable bonds is 4. The molecule has 0 saturated heterocycles. The fourth-order valence-corrected chi connectivity index (χ4v) is 2.24. The fraction of sp³-hybridized carbons (Fsp3) is 0.182. The Bertz CT molecular complexity index is 555. The van der Waals surface area contributed by atoms with Crippen LogP contribution in [0.1, 0.15) is 6.92 Å². The largest absolute Gasteiger partial charge is 0.499 e. The number of ether oxygens (including phenoxy) is 1. The normalized spacial score (nSPS) is 11.9. The van der Waals surface area contributed by atoms with Crippen LogP contribution in [0.25, 0.3) is 0 Å². The molecular weight excluding hydrogens is 262 g/mol. The molecule has 0 fully saturated rings. The number of hydrogen-bond acceptors (Lipinski definition) is 4. The van der Waals surface area contributed by atoms with Crippen LogP contribution in [0.15, 0.2) is 40.3 Å². The summed E-state index contributed by atoms with van der Waals surface area (Å²) in [6, 6.07) is 7.19. The Morgan fingerprint density at radius 3 is 2.53 bits per heavy atom. The van der Waals surface area contributed by atoms with Crippen LogP contribution in [0.4, 0.5) is 0 Å². The van der Waals surface area contributed by atoms with Crippen molar-refractivity contribution in [3.8, 4) is 6.07 Å². The number of halogens is 1. The van der Waals surface area contributed by atoms with Crippen LogP contribution < -0.4 is 0 Å². The molecule has 0 unspecified atom stereocenters. The first-order valence-electron chi connectivity index (χ1n) is 4.75. The van der Waals surface area contributed by atoms with Crippen molar-refractivity contribution < 1.29 is 13.2 Å². The highest BCUT2D eigenvalue weighted by atomic mass is 35.5. The Kier molecular flexibility index (Phi) is 4.55. The molecule has 0 spiro atoms. The SMILES string of the molecule is CCOC=C(C#N)S(=O)(=O)c1ccc(Cl)cc1. The van der Waals surface area contributed by atoms with Crippen LogP contribution in [0.5, 0.6) is 0 Å². The van der Waals surface area contributed by atoms with Crippen molar-refractivity contribution in [3.05, 3.63) is 40.5 Å². The molecule has 90 valence electrons. The molecule has 17 heavy (non-hydrogen) atoms. The molecule has 6 heteroatoms. The molecular formula is C11H10ClNO3S. The van der Waals surface area contributed by atoms with Crippen molar-refractivity contribution >= 4 is 21.4 Å². The summed E-state index contributed by atoms with van der Waals surface area (Å²) >= 11 is 5.66. The van der Waals surface area contributed by atoms with Gasteiger partial charge in [0.15, 0.2) is 4.91 Å². The quantitative estimate of drug-likeness (QED) is 0.623. The zero-order valence-electron chi connectivity index (χ0n) is 9.05. The highest BCUT2D eigenvalue weighted by molar-refractivity contribution is 7.95. The topological polar surface area (TPSA) is 67.2 Å². The van der Waals surface area contributed by atoms with E-state index in [1.54, 1.807) is 13.0 Å². The fourth-order valence-electron chi connectivity index (χ4n) is 1.05. The van der Waals surface area contributed by atoms with E-state index < -0.39 is 14.7 Å². The number of hydrogen-bond donors (Lipinski definition) is 0.